The Morgan fingerprint density at radius 1 is 1.03 bits per heavy atom. The van der Waals surface area contributed by atoms with Crippen LogP contribution in [0.4, 0.5) is 0 Å². The van der Waals surface area contributed by atoms with Gasteiger partial charge in [-0.05, 0) is 52.2 Å². The molecule has 0 aromatic rings. The molecule has 2 aliphatic rings. The number of hydrogen-bond acceptors (Lipinski definition) is 8. The van der Waals surface area contributed by atoms with Crippen LogP contribution in [0.5, 0.6) is 0 Å². The standard InChI is InChI=1S/C26H34O9/c1-14(9-11-17-16(3)10-12-18(27)26(17,4)5)7-6-8-15(2)13-19(28)34-25-22(31)20(29)21(30)23(35-25)24(32)33/h6-9,11,13,20-23,25,29-31H,10,12H2,1-5H3,(H,32,33)/b8-6+,11-9+,14-7-,15-13+/t20-,21+,22-,23-,25-/m1/s1. The zero-order valence-electron chi connectivity index (χ0n) is 20.6. The van der Waals surface area contributed by atoms with Crippen LogP contribution in [0, 0.1) is 5.41 Å². The van der Waals surface area contributed by atoms with Crippen LogP contribution < -0.4 is 0 Å². The second-order valence-corrected chi connectivity index (χ2v) is 9.41. The lowest BCUT2D eigenvalue weighted by Crippen LogP contribution is -2.60. The number of ether oxygens (including phenoxy) is 2. The Bertz CT molecular complexity index is 996. The van der Waals surface area contributed by atoms with E-state index in [4.69, 9.17) is 14.6 Å². The van der Waals surface area contributed by atoms with Crippen LogP contribution in [0.3, 0.4) is 0 Å². The second kappa shape index (κ2) is 11.7. The molecule has 5 atom stereocenters. The maximum absolute atomic E-state index is 12.3. The van der Waals surface area contributed by atoms with Crippen molar-refractivity contribution in [3.63, 3.8) is 0 Å². The van der Waals surface area contributed by atoms with Gasteiger partial charge >= 0.3 is 11.9 Å². The average molecular weight is 491 g/mol. The first kappa shape index (κ1) is 28.4. The lowest BCUT2D eigenvalue weighted by atomic mass is 9.71. The van der Waals surface area contributed by atoms with Crippen LogP contribution in [-0.2, 0) is 23.9 Å². The van der Waals surface area contributed by atoms with Gasteiger partial charge in [-0.2, -0.15) is 0 Å². The highest BCUT2D eigenvalue weighted by Gasteiger charge is 2.48. The molecule has 1 aliphatic heterocycles. The number of ketones is 1. The number of carbonyl (C=O) groups excluding carboxylic acids is 2. The Morgan fingerprint density at radius 3 is 2.31 bits per heavy atom. The molecule has 9 heteroatoms. The number of carboxylic acids is 1. The summed E-state index contributed by atoms with van der Waals surface area (Å²) in [7, 11) is 0. The van der Waals surface area contributed by atoms with Crippen LogP contribution >= 0.6 is 0 Å². The number of esters is 1. The van der Waals surface area contributed by atoms with E-state index in [2.05, 4.69) is 0 Å². The smallest absolute Gasteiger partial charge is 0.335 e. The van der Waals surface area contributed by atoms with Gasteiger partial charge in [-0.3, -0.25) is 4.79 Å². The van der Waals surface area contributed by atoms with Crippen LogP contribution in [-0.4, -0.2) is 68.9 Å². The van der Waals surface area contributed by atoms with Crippen LogP contribution in [0.15, 0.2) is 58.7 Å². The van der Waals surface area contributed by atoms with Crippen molar-refractivity contribution < 1.29 is 44.3 Å². The van der Waals surface area contributed by atoms with Gasteiger partial charge in [-0.25, -0.2) is 9.59 Å². The summed E-state index contributed by atoms with van der Waals surface area (Å²) in [5.41, 5.74) is 3.15. The van der Waals surface area contributed by atoms with Crippen molar-refractivity contribution in [2.75, 3.05) is 0 Å². The molecule has 1 saturated heterocycles. The van der Waals surface area contributed by atoms with E-state index in [9.17, 15) is 29.7 Å². The van der Waals surface area contributed by atoms with E-state index in [0.29, 0.717) is 12.0 Å². The summed E-state index contributed by atoms with van der Waals surface area (Å²) in [6, 6.07) is 0. The van der Waals surface area contributed by atoms with E-state index in [1.54, 1.807) is 19.1 Å². The summed E-state index contributed by atoms with van der Waals surface area (Å²) in [6.45, 7) is 9.46. The summed E-state index contributed by atoms with van der Waals surface area (Å²) >= 11 is 0. The maximum Gasteiger partial charge on any atom is 0.335 e. The Morgan fingerprint density at radius 2 is 1.69 bits per heavy atom. The summed E-state index contributed by atoms with van der Waals surface area (Å²) in [4.78, 5) is 35.5. The minimum Gasteiger partial charge on any atom is -0.479 e. The van der Waals surface area contributed by atoms with Gasteiger partial charge in [-0.1, -0.05) is 41.5 Å². The predicted octanol–water partition coefficient (Wildman–Crippen LogP) is 2.13. The molecule has 1 aliphatic carbocycles. The van der Waals surface area contributed by atoms with Gasteiger partial charge < -0.3 is 29.9 Å². The quantitative estimate of drug-likeness (QED) is 0.239. The van der Waals surface area contributed by atoms with Crippen LogP contribution in [0.1, 0.15) is 47.5 Å². The molecule has 1 fully saturated rings. The molecule has 0 spiro atoms. The van der Waals surface area contributed by atoms with Crippen LogP contribution in [0.25, 0.3) is 0 Å². The first-order valence-corrected chi connectivity index (χ1v) is 11.3. The monoisotopic (exact) mass is 490 g/mol. The second-order valence-electron chi connectivity index (χ2n) is 9.41. The number of rotatable bonds is 7. The Kier molecular flexibility index (Phi) is 9.51. The third-order valence-electron chi connectivity index (χ3n) is 6.18. The lowest BCUT2D eigenvalue weighted by molar-refractivity contribution is -0.284. The minimum atomic E-state index is -1.87. The molecule has 0 aromatic heterocycles. The molecule has 2 rings (SSSR count). The first-order valence-electron chi connectivity index (χ1n) is 11.3. The molecule has 0 radical (unpaired) electrons. The first-order chi connectivity index (χ1) is 16.2. The number of hydrogen-bond donors (Lipinski definition) is 4. The third kappa shape index (κ3) is 7.08. The van der Waals surface area contributed by atoms with Gasteiger partial charge in [0, 0.05) is 17.9 Å². The van der Waals surface area contributed by atoms with Gasteiger partial charge in [-0.15, -0.1) is 0 Å². The van der Waals surface area contributed by atoms with Gasteiger partial charge in [0.25, 0.3) is 0 Å². The van der Waals surface area contributed by atoms with Crippen molar-refractivity contribution in [1.82, 2.24) is 0 Å². The molecule has 0 saturated carbocycles. The molecule has 1 heterocycles. The zero-order chi connectivity index (χ0) is 26.5. The summed E-state index contributed by atoms with van der Waals surface area (Å²) in [6.07, 6.45) is 2.41. The number of aliphatic hydroxyl groups excluding tert-OH is 3. The molecular formula is C26H34O9. The third-order valence-corrected chi connectivity index (χ3v) is 6.18. The van der Waals surface area contributed by atoms with E-state index in [0.717, 1.165) is 23.6 Å². The highest BCUT2D eigenvalue weighted by molar-refractivity contribution is 5.89. The van der Waals surface area contributed by atoms with Gasteiger partial charge in [0.05, 0.1) is 0 Å². The number of carboxylic acid groups (broad SMARTS) is 1. The zero-order valence-corrected chi connectivity index (χ0v) is 20.6. The van der Waals surface area contributed by atoms with E-state index < -0.39 is 48.1 Å². The Balaban J connectivity index is 2.01. The number of allylic oxidation sites excluding steroid dienone is 9. The fourth-order valence-corrected chi connectivity index (χ4v) is 3.94. The molecule has 35 heavy (non-hydrogen) atoms. The normalized spacial score (nSPS) is 30.3. The minimum absolute atomic E-state index is 0.229. The van der Waals surface area contributed by atoms with Crippen molar-refractivity contribution in [3.8, 4) is 0 Å². The molecule has 0 unspecified atom stereocenters. The number of aliphatic carboxylic acids is 1. The molecule has 0 amide bonds. The van der Waals surface area contributed by atoms with E-state index >= 15 is 0 Å². The van der Waals surface area contributed by atoms with Crippen molar-refractivity contribution >= 4 is 17.7 Å². The highest BCUT2D eigenvalue weighted by Crippen LogP contribution is 2.38. The van der Waals surface area contributed by atoms with Crippen molar-refractivity contribution in [3.05, 3.63) is 58.7 Å². The summed E-state index contributed by atoms with van der Waals surface area (Å²) in [5.74, 6) is -2.26. The highest BCUT2D eigenvalue weighted by atomic mass is 16.7. The SMILES string of the molecule is CC1=C(/C=C/C(C)=C\C=C\C(C)=C\C(=O)O[C@@H]2O[C@@H](C(=O)O)[C@@H](O)[C@@H](O)[C@H]2O)C(C)(C)C(=O)CC1. The number of aliphatic hydroxyl groups is 3. The number of carbonyl (C=O) groups is 3. The van der Waals surface area contributed by atoms with Crippen molar-refractivity contribution in [2.24, 2.45) is 5.41 Å². The van der Waals surface area contributed by atoms with Gasteiger partial charge in [0.15, 0.2) is 6.10 Å². The molecule has 192 valence electrons. The topological polar surface area (TPSA) is 151 Å². The van der Waals surface area contributed by atoms with Crippen LogP contribution in [0.2, 0.25) is 0 Å². The van der Waals surface area contributed by atoms with E-state index in [1.807, 2.05) is 45.9 Å². The van der Waals surface area contributed by atoms with Crippen molar-refractivity contribution in [1.29, 1.82) is 0 Å². The molecular weight excluding hydrogens is 456 g/mol. The number of Topliss-reactive ketones (excluding diaryl/α,β-unsaturated/α-hetero) is 1. The van der Waals surface area contributed by atoms with E-state index in [1.165, 1.54) is 5.57 Å². The summed E-state index contributed by atoms with van der Waals surface area (Å²) in [5, 5.41) is 38.4. The Labute approximate surface area is 204 Å². The molecule has 4 N–H and O–H groups in total. The van der Waals surface area contributed by atoms with Gasteiger partial charge in [0.2, 0.25) is 6.29 Å². The fraction of sp³-hybridized carbons (Fsp3) is 0.500. The van der Waals surface area contributed by atoms with E-state index in [-0.39, 0.29) is 5.78 Å². The average Bonchev–Trinajstić information content (AvgIpc) is 2.76. The van der Waals surface area contributed by atoms with Crippen molar-refractivity contribution in [2.45, 2.75) is 78.2 Å². The molecule has 9 nitrogen and oxygen atoms in total. The lowest BCUT2D eigenvalue weighted by Gasteiger charge is -2.37. The molecule has 0 bridgehead atoms. The molecule has 0 aromatic carbocycles. The Hall–Kier alpha value is -2.85. The summed E-state index contributed by atoms with van der Waals surface area (Å²) < 4.78 is 9.85. The predicted molar refractivity (Wildman–Crippen MR) is 127 cm³/mol. The maximum atomic E-state index is 12.3. The fourth-order valence-electron chi connectivity index (χ4n) is 3.94. The van der Waals surface area contributed by atoms with Gasteiger partial charge in [0.1, 0.15) is 24.1 Å². The largest absolute Gasteiger partial charge is 0.479 e.